The van der Waals surface area contributed by atoms with Crippen LogP contribution in [-0.2, 0) is 4.84 Å². The number of nitrogens with zero attached hydrogens (tertiary/aromatic N) is 1. The second kappa shape index (κ2) is 6.75. The summed E-state index contributed by atoms with van der Waals surface area (Å²) in [4.78, 5) is 5.46. The van der Waals surface area contributed by atoms with Crippen molar-refractivity contribution in [2.24, 2.45) is 5.16 Å². The maximum Gasteiger partial charge on any atom is 0.144 e. The molecule has 0 aliphatic heterocycles. The maximum absolute atomic E-state index is 10.0. The highest BCUT2D eigenvalue weighted by atomic mass is 16.6. The molecular weight excluding hydrogens is 300 g/mol. The molecule has 0 saturated carbocycles. The summed E-state index contributed by atoms with van der Waals surface area (Å²) in [5, 5.41) is 17.6. The molecule has 1 atom stereocenters. The van der Waals surface area contributed by atoms with Crippen molar-refractivity contribution in [3.63, 3.8) is 0 Å². The van der Waals surface area contributed by atoms with E-state index in [2.05, 4.69) is 55.5 Å². The average molecular weight is 324 g/mol. The molecule has 24 heavy (non-hydrogen) atoms. The van der Waals surface area contributed by atoms with Gasteiger partial charge in [-0.05, 0) is 31.9 Å². The lowest BCUT2D eigenvalue weighted by atomic mass is 10.1. The minimum atomic E-state index is -0.597. The SMILES string of the molecule is CC(C)(C)NC[C@H](O)CON=C1c2ccccc2-c2ccccc21. The number of nitrogens with one attached hydrogen (secondary N) is 1. The smallest absolute Gasteiger partial charge is 0.144 e. The van der Waals surface area contributed by atoms with Crippen LogP contribution >= 0.6 is 0 Å². The third-order valence-electron chi connectivity index (χ3n) is 3.95. The van der Waals surface area contributed by atoms with Gasteiger partial charge in [-0.1, -0.05) is 53.7 Å². The molecule has 4 heteroatoms. The lowest BCUT2D eigenvalue weighted by molar-refractivity contribution is 0.0374. The van der Waals surface area contributed by atoms with Crippen LogP contribution < -0.4 is 5.32 Å². The fraction of sp³-hybridized carbons (Fsp3) is 0.350. The van der Waals surface area contributed by atoms with Gasteiger partial charge in [0, 0.05) is 23.2 Å². The molecule has 2 N–H and O–H groups in total. The first kappa shape index (κ1) is 16.7. The van der Waals surface area contributed by atoms with E-state index in [4.69, 9.17) is 4.84 Å². The van der Waals surface area contributed by atoms with Crippen molar-refractivity contribution in [1.29, 1.82) is 0 Å². The Morgan fingerprint density at radius 3 is 1.96 bits per heavy atom. The van der Waals surface area contributed by atoms with Crippen LogP contribution in [0, 0.1) is 0 Å². The summed E-state index contributed by atoms with van der Waals surface area (Å²) in [6, 6.07) is 16.4. The highest BCUT2D eigenvalue weighted by Crippen LogP contribution is 2.36. The second-order valence-electron chi connectivity index (χ2n) is 7.11. The molecule has 1 aliphatic carbocycles. The van der Waals surface area contributed by atoms with Gasteiger partial charge in [0.15, 0.2) is 0 Å². The van der Waals surface area contributed by atoms with Gasteiger partial charge in [0.05, 0.1) is 0 Å². The van der Waals surface area contributed by atoms with Crippen LogP contribution in [0.15, 0.2) is 53.7 Å². The monoisotopic (exact) mass is 324 g/mol. The van der Waals surface area contributed by atoms with E-state index in [0.717, 1.165) is 16.8 Å². The van der Waals surface area contributed by atoms with Gasteiger partial charge >= 0.3 is 0 Å². The Hall–Kier alpha value is -2.17. The molecule has 0 fully saturated rings. The van der Waals surface area contributed by atoms with Crippen LogP contribution in [0.5, 0.6) is 0 Å². The molecule has 0 bridgehead atoms. The van der Waals surface area contributed by atoms with Crippen molar-refractivity contribution in [1.82, 2.24) is 5.32 Å². The summed E-state index contributed by atoms with van der Waals surface area (Å²) in [6.07, 6.45) is -0.597. The lowest BCUT2D eigenvalue weighted by Gasteiger charge is -2.22. The average Bonchev–Trinajstić information content (AvgIpc) is 2.87. The minimum Gasteiger partial charge on any atom is -0.392 e. The van der Waals surface area contributed by atoms with Crippen molar-refractivity contribution in [2.75, 3.05) is 13.2 Å². The first-order chi connectivity index (χ1) is 11.5. The number of β-amino-alcohol motifs (C(OH)–C–C–N with tert-alkyl or cyclic N) is 1. The van der Waals surface area contributed by atoms with Crippen molar-refractivity contribution in [2.45, 2.75) is 32.4 Å². The first-order valence-corrected chi connectivity index (χ1v) is 8.28. The summed E-state index contributed by atoms with van der Waals surface area (Å²) >= 11 is 0. The Bertz CT molecular complexity index is 700. The lowest BCUT2D eigenvalue weighted by Crippen LogP contribution is -2.42. The van der Waals surface area contributed by atoms with Crippen LogP contribution in [0.3, 0.4) is 0 Å². The molecule has 0 heterocycles. The molecule has 4 nitrogen and oxygen atoms in total. The molecule has 3 rings (SSSR count). The van der Waals surface area contributed by atoms with Gasteiger partial charge < -0.3 is 15.3 Å². The quantitative estimate of drug-likeness (QED) is 0.709. The molecule has 1 aliphatic rings. The third-order valence-corrected chi connectivity index (χ3v) is 3.95. The minimum absolute atomic E-state index is 0.0315. The van der Waals surface area contributed by atoms with E-state index in [-0.39, 0.29) is 12.1 Å². The Morgan fingerprint density at radius 1 is 0.958 bits per heavy atom. The van der Waals surface area contributed by atoms with E-state index in [1.807, 2.05) is 24.3 Å². The second-order valence-corrected chi connectivity index (χ2v) is 7.11. The largest absolute Gasteiger partial charge is 0.392 e. The number of hydrogen-bond donors (Lipinski definition) is 2. The number of oxime groups is 1. The van der Waals surface area contributed by atoms with Crippen molar-refractivity contribution in [3.05, 3.63) is 59.7 Å². The first-order valence-electron chi connectivity index (χ1n) is 8.28. The summed E-state index contributed by atoms with van der Waals surface area (Å²) in [5.74, 6) is 0. The van der Waals surface area contributed by atoms with E-state index in [1.165, 1.54) is 11.1 Å². The molecule has 0 spiro atoms. The number of hydrogen-bond acceptors (Lipinski definition) is 4. The van der Waals surface area contributed by atoms with E-state index >= 15 is 0 Å². The predicted molar refractivity (Wildman–Crippen MR) is 97.2 cm³/mol. The summed E-state index contributed by atoms with van der Waals surface area (Å²) in [6.45, 7) is 6.83. The van der Waals surface area contributed by atoms with Crippen LogP contribution in [-0.4, -0.2) is 35.6 Å². The highest BCUT2D eigenvalue weighted by molar-refractivity contribution is 6.24. The van der Waals surface area contributed by atoms with Gasteiger partial charge in [0.1, 0.15) is 18.4 Å². The summed E-state index contributed by atoms with van der Waals surface area (Å²) in [7, 11) is 0. The zero-order valence-corrected chi connectivity index (χ0v) is 14.4. The van der Waals surface area contributed by atoms with Gasteiger partial charge in [-0.3, -0.25) is 0 Å². The Morgan fingerprint density at radius 2 is 1.46 bits per heavy atom. The fourth-order valence-corrected chi connectivity index (χ4v) is 2.76. The standard InChI is InChI=1S/C20H24N2O2/c1-20(2,3)21-12-14(23)13-24-22-19-17-10-6-4-8-15(17)16-9-5-7-11-18(16)19/h4-11,14,21,23H,12-13H2,1-3H3/t14-/m0/s1. The highest BCUT2D eigenvalue weighted by Gasteiger charge is 2.24. The summed E-state index contributed by atoms with van der Waals surface area (Å²) in [5.41, 5.74) is 5.28. The third kappa shape index (κ3) is 3.66. The van der Waals surface area contributed by atoms with Gasteiger partial charge in [-0.25, -0.2) is 0 Å². The molecule has 2 aromatic rings. The Labute approximate surface area is 143 Å². The maximum atomic E-state index is 10.0. The topological polar surface area (TPSA) is 53.8 Å². The Balaban J connectivity index is 1.72. The molecule has 0 unspecified atom stereocenters. The number of benzene rings is 2. The predicted octanol–water partition coefficient (Wildman–Crippen LogP) is 3.19. The number of aliphatic hydroxyl groups is 1. The van der Waals surface area contributed by atoms with Crippen LogP contribution in [0.25, 0.3) is 11.1 Å². The van der Waals surface area contributed by atoms with Crippen molar-refractivity contribution < 1.29 is 9.94 Å². The molecule has 126 valence electrons. The zero-order valence-electron chi connectivity index (χ0n) is 14.4. The van der Waals surface area contributed by atoms with Gasteiger partial charge in [0.2, 0.25) is 0 Å². The Kier molecular flexibility index (Phi) is 4.69. The number of rotatable bonds is 5. The fourth-order valence-electron chi connectivity index (χ4n) is 2.76. The van der Waals surface area contributed by atoms with Crippen LogP contribution in [0.4, 0.5) is 0 Å². The van der Waals surface area contributed by atoms with Crippen LogP contribution in [0.2, 0.25) is 0 Å². The normalized spacial score (nSPS) is 14.1. The van der Waals surface area contributed by atoms with E-state index in [9.17, 15) is 5.11 Å². The molecule has 0 aromatic heterocycles. The van der Waals surface area contributed by atoms with Gasteiger partial charge in [0.25, 0.3) is 0 Å². The molecular formula is C20H24N2O2. The van der Waals surface area contributed by atoms with E-state index in [0.29, 0.717) is 6.54 Å². The van der Waals surface area contributed by atoms with E-state index in [1.54, 1.807) is 0 Å². The van der Waals surface area contributed by atoms with Gasteiger partial charge in [-0.15, -0.1) is 0 Å². The molecule has 2 aromatic carbocycles. The molecule has 0 amide bonds. The van der Waals surface area contributed by atoms with Crippen molar-refractivity contribution >= 4 is 5.71 Å². The van der Waals surface area contributed by atoms with Gasteiger partial charge in [-0.2, -0.15) is 0 Å². The number of aliphatic hydroxyl groups excluding tert-OH is 1. The number of fused-ring (bicyclic) bond motifs is 3. The molecule has 0 radical (unpaired) electrons. The molecule has 0 saturated heterocycles. The summed E-state index contributed by atoms with van der Waals surface area (Å²) < 4.78 is 0. The zero-order chi connectivity index (χ0) is 17.2. The van der Waals surface area contributed by atoms with Crippen molar-refractivity contribution in [3.8, 4) is 11.1 Å². The van der Waals surface area contributed by atoms with E-state index < -0.39 is 6.10 Å². The van der Waals surface area contributed by atoms with Crippen LogP contribution in [0.1, 0.15) is 31.9 Å².